The van der Waals surface area contributed by atoms with Crippen LogP contribution in [-0.4, -0.2) is 79.1 Å². The van der Waals surface area contributed by atoms with Crippen LogP contribution in [0.5, 0.6) is 0 Å². The molecule has 0 saturated carbocycles. The average molecular weight is 580 g/mol. The van der Waals surface area contributed by atoms with E-state index in [0.717, 1.165) is 56.4 Å². The summed E-state index contributed by atoms with van der Waals surface area (Å²) in [5.41, 5.74) is 3.53. The van der Waals surface area contributed by atoms with Gasteiger partial charge >= 0.3 is 0 Å². The summed E-state index contributed by atoms with van der Waals surface area (Å²) >= 11 is 0. The van der Waals surface area contributed by atoms with Crippen LogP contribution >= 0.6 is 0 Å². The second-order valence-electron chi connectivity index (χ2n) is 11.2. The molecule has 1 fully saturated rings. The fourth-order valence-electron chi connectivity index (χ4n) is 4.73. The van der Waals surface area contributed by atoms with Crippen LogP contribution in [-0.2, 0) is 4.74 Å². The van der Waals surface area contributed by atoms with Crippen molar-refractivity contribution in [3.8, 4) is 0 Å². The molecular formula is C36H61N5O. The van der Waals surface area contributed by atoms with Crippen molar-refractivity contribution in [3.63, 3.8) is 0 Å². The van der Waals surface area contributed by atoms with Crippen LogP contribution in [0.3, 0.4) is 0 Å². The molecule has 1 saturated heterocycles. The first kappa shape index (κ1) is 37.3. The van der Waals surface area contributed by atoms with Gasteiger partial charge in [0.15, 0.2) is 0 Å². The van der Waals surface area contributed by atoms with Gasteiger partial charge in [0.1, 0.15) is 5.84 Å². The van der Waals surface area contributed by atoms with Crippen LogP contribution in [0.2, 0.25) is 0 Å². The summed E-state index contributed by atoms with van der Waals surface area (Å²) in [4.78, 5) is 15.0. The van der Waals surface area contributed by atoms with Gasteiger partial charge in [-0.15, -0.1) is 6.58 Å². The third-order valence-corrected chi connectivity index (χ3v) is 7.69. The third-order valence-electron chi connectivity index (χ3n) is 7.69. The zero-order valence-electron chi connectivity index (χ0n) is 28.3. The summed E-state index contributed by atoms with van der Waals surface area (Å²) in [6.45, 7) is 28.8. The minimum Gasteiger partial charge on any atom is -0.377 e. The Balaban J connectivity index is 3.23. The first-order chi connectivity index (χ1) is 20.2. The summed E-state index contributed by atoms with van der Waals surface area (Å²) in [6, 6.07) is 0.459. The molecule has 3 atom stereocenters. The summed E-state index contributed by atoms with van der Waals surface area (Å²) in [7, 11) is 0. The molecule has 0 aromatic heterocycles. The molecule has 0 radical (unpaired) electrons. The van der Waals surface area contributed by atoms with Gasteiger partial charge in [-0.25, -0.2) is 9.98 Å². The van der Waals surface area contributed by atoms with Crippen molar-refractivity contribution < 1.29 is 4.74 Å². The molecule has 0 bridgehead atoms. The van der Waals surface area contributed by atoms with E-state index in [2.05, 4.69) is 127 Å². The number of morpholine rings is 1. The molecule has 1 N–H and O–H groups in total. The van der Waals surface area contributed by atoms with Crippen molar-refractivity contribution in [1.82, 2.24) is 15.1 Å². The van der Waals surface area contributed by atoms with Gasteiger partial charge in [-0.3, -0.25) is 0 Å². The van der Waals surface area contributed by atoms with Crippen LogP contribution in [0.15, 0.2) is 81.9 Å². The Kier molecular flexibility index (Phi) is 19.5. The lowest BCUT2D eigenvalue weighted by atomic mass is 10.0. The van der Waals surface area contributed by atoms with E-state index in [1.54, 1.807) is 0 Å². The summed E-state index contributed by atoms with van der Waals surface area (Å²) in [6.07, 6.45) is 21.5. The largest absolute Gasteiger partial charge is 0.377 e. The van der Waals surface area contributed by atoms with Gasteiger partial charge in [-0.2, -0.15) is 0 Å². The molecule has 6 nitrogen and oxygen atoms in total. The average Bonchev–Trinajstić information content (AvgIpc) is 2.99. The van der Waals surface area contributed by atoms with Crippen molar-refractivity contribution in [2.75, 3.05) is 39.4 Å². The molecule has 0 aromatic rings. The standard InChI is InChI=1S/C36H61N5O/c1-11-16-23-37-24-19-17-18-20-34(14-4)29(6)21-22-30(7)35(15-5)39-36(41-26-27-42-28-32(41)9)38-33(10)40(25-12-2)31(8)13-3/h14-15,17-22,31-32,35,37H,5,11-13,16,23-28H2,1-4,6-10H3/b19-17+,20-18-,29-21+,30-22-,34-14+,38-33?,39-36?/t31-,32?,35?/m0/s1. The molecule has 1 aliphatic rings. The van der Waals surface area contributed by atoms with E-state index in [1.807, 2.05) is 6.08 Å². The number of nitrogens with zero attached hydrogens (tertiary/aromatic N) is 4. The van der Waals surface area contributed by atoms with E-state index < -0.39 is 0 Å². The molecule has 0 aliphatic carbocycles. The number of hydrogen-bond donors (Lipinski definition) is 1. The van der Waals surface area contributed by atoms with Crippen LogP contribution in [0.1, 0.15) is 88.0 Å². The first-order valence-corrected chi connectivity index (χ1v) is 16.2. The number of nitrogens with one attached hydrogen (secondary N) is 1. The van der Waals surface area contributed by atoms with Crippen molar-refractivity contribution in [2.24, 2.45) is 9.98 Å². The zero-order chi connectivity index (χ0) is 31.3. The second-order valence-corrected chi connectivity index (χ2v) is 11.2. The monoisotopic (exact) mass is 579 g/mol. The van der Waals surface area contributed by atoms with E-state index >= 15 is 0 Å². The molecular weight excluding hydrogens is 518 g/mol. The number of guanidine groups is 1. The Morgan fingerprint density at radius 2 is 1.90 bits per heavy atom. The predicted molar refractivity (Wildman–Crippen MR) is 186 cm³/mol. The summed E-state index contributed by atoms with van der Waals surface area (Å²) < 4.78 is 5.73. The maximum absolute atomic E-state index is 5.73. The number of hydrogen-bond acceptors (Lipinski definition) is 3. The Morgan fingerprint density at radius 1 is 1.14 bits per heavy atom. The van der Waals surface area contributed by atoms with Crippen molar-refractivity contribution in [2.45, 2.75) is 106 Å². The molecule has 1 heterocycles. The molecule has 236 valence electrons. The Hall–Kier alpha value is -2.70. The lowest BCUT2D eigenvalue weighted by molar-refractivity contribution is 0.0325. The molecule has 2 unspecified atom stereocenters. The van der Waals surface area contributed by atoms with E-state index in [9.17, 15) is 0 Å². The van der Waals surface area contributed by atoms with Crippen LogP contribution in [0, 0.1) is 0 Å². The van der Waals surface area contributed by atoms with Crippen LogP contribution in [0.25, 0.3) is 0 Å². The minimum atomic E-state index is -0.174. The maximum Gasteiger partial charge on any atom is 0.223 e. The second kappa shape index (κ2) is 21.9. The van der Waals surface area contributed by atoms with Crippen molar-refractivity contribution >= 4 is 11.8 Å². The van der Waals surface area contributed by atoms with Gasteiger partial charge in [0.25, 0.3) is 0 Å². The number of allylic oxidation sites excluding steroid dienone is 8. The lowest BCUT2D eigenvalue weighted by Gasteiger charge is -2.36. The highest BCUT2D eigenvalue weighted by molar-refractivity contribution is 5.95. The SMILES string of the molecule is C=CC(N=C(N=C(C)N(CCC)[C@@H](C)CC)N1CCOCC1C)\C(C)=C/C=C(C)/C(/C=C\C=C\CNCCCC)=C/C. The van der Waals surface area contributed by atoms with E-state index in [0.29, 0.717) is 19.3 Å². The zero-order valence-corrected chi connectivity index (χ0v) is 28.3. The minimum absolute atomic E-state index is 0.174. The quantitative estimate of drug-likeness (QED) is 0.0664. The topological polar surface area (TPSA) is 52.5 Å². The highest BCUT2D eigenvalue weighted by atomic mass is 16.5. The number of rotatable bonds is 16. The molecule has 1 rings (SSSR count). The van der Waals surface area contributed by atoms with Crippen LogP contribution < -0.4 is 5.32 Å². The molecule has 0 spiro atoms. The smallest absolute Gasteiger partial charge is 0.223 e. The number of ether oxygens (including phenoxy) is 1. The molecule has 6 heteroatoms. The van der Waals surface area contributed by atoms with Gasteiger partial charge in [0.2, 0.25) is 5.96 Å². The van der Waals surface area contributed by atoms with Gasteiger partial charge in [-0.05, 0) is 84.1 Å². The maximum atomic E-state index is 5.73. The highest BCUT2D eigenvalue weighted by Crippen LogP contribution is 2.17. The number of amidine groups is 1. The molecule has 1 aliphatic heterocycles. The fraction of sp³-hybridized carbons (Fsp3) is 0.611. The summed E-state index contributed by atoms with van der Waals surface area (Å²) in [5, 5.41) is 3.43. The number of unbranched alkanes of at least 4 members (excludes halogenated alkanes) is 1. The van der Waals surface area contributed by atoms with E-state index in [-0.39, 0.29) is 12.1 Å². The Bertz CT molecular complexity index is 1000. The lowest BCUT2D eigenvalue weighted by Crippen LogP contribution is -2.48. The summed E-state index contributed by atoms with van der Waals surface area (Å²) in [5.74, 6) is 1.78. The highest BCUT2D eigenvalue weighted by Gasteiger charge is 2.24. The van der Waals surface area contributed by atoms with Gasteiger partial charge < -0.3 is 19.9 Å². The van der Waals surface area contributed by atoms with Gasteiger partial charge in [0.05, 0.1) is 25.3 Å². The first-order valence-electron chi connectivity index (χ1n) is 16.2. The number of aliphatic imine (C=N–C) groups is 2. The van der Waals surface area contributed by atoms with Gasteiger partial charge in [-0.1, -0.05) is 75.8 Å². The van der Waals surface area contributed by atoms with Gasteiger partial charge in [0, 0.05) is 25.7 Å². The Labute approximate surface area is 258 Å². The Morgan fingerprint density at radius 3 is 2.52 bits per heavy atom. The van der Waals surface area contributed by atoms with E-state index in [4.69, 9.17) is 14.7 Å². The fourth-order valence-corrected chi connectivity index (χ4v) is 4.73. The predicted octanol–water partition coefficient (Wildman–Crippen LogP) is 7.89. The third kappa shape index (κ3) is 13.5. The van der Waals surface area contributed by atoms with Crippen molar-refractivity contribution in [1.29, 1.82) is 0 Å². The molecule has 42 heavy (non-hydrogen) atoms. The van der Waals surface area contributed by atoms with Crippen LogP contribution in [0.4, 0.5) is 0 Å². The normalized spacial score (nSPS) is 19.6. The molecule has 0 amide bonds. The van der Waals surface area contributed by atoms with Crippen molar-refractivity contribution in [3.05, 3.63) is 71.9 Å². The van der Waals surface area contributed by atoms with E-state index in [1.165, 1.54) is 24.0 Å². The molecule has 0 aromatic carbocycles.